The minimum absolute atomic E-state index is 0.0697. The zero-order chi connectivity index (χ0) is 11.3. The van der Waals surface area contributed by atoms with Crippen molar-refractivity contribution in [1.29, 1.82) is 0 Å². The molecule has 0 saturated carbocycles. The second kappa shape index (κ2) is 5.58. The van der Waals surface area contributed by atoms with E-state index in [1.54, 1.807) is 12.1 Å². The van der Waals surface area contributed by atoms with Crippen LogP contribution in [0.25, 0.3) is 0 Å². The number of rotatable bonds is 5. The molecule has 4 N–H and O–H groups in total. The maximum atomic E-state index is 9.30. The molecular weight excluding hydrogens is 192 g/mol. The molecule has 0 aliphatic carbocycles. The Bertz CT molecular complexity index is 315. The molecular formula is C11H18N2O2. The fraction of sp³-hybridized carbons (Fsp3) is 0.455. The van der Waals surface area contributed by atoms with Crippen molar-refractivity contribution in [2.45, 2.75) is 13.0 Å². The Morgan fingerprint density at radius 1 is 1.27 bits per heavy atom. The van der Waals surface area contributed by atoms with Crippen LogP contribution in [-0.4, -0.2) is 35.3 Å². The zero-order valence-electron chi connectivity index (χ0n) is 8.98. The Kier molecular flexibility index (Phi) is 4.39. The molecule has 4 heteroatoms. The SMILES string of the molecule is CN(CCCN)Cc1ccc(O)c(O)c1. The number of phenolic OH excluding ortho intramolecular Hbond substituents is 2. The van der Waals surface area contributed by atoms with Gasteiger partial charge in [-0.2, -0.15) is 0 Å². The van der Waals surface area contributed by atoms with Gasteiger partial charge in [0, 0.05) is 6.54 Å². The van der Waals surface area contributed by atoms with Gasteiger partial charge in [-0.3, -0.25) is 0 Å². The fourth-order valence-electron chi connectivity index (χ4n) is 1.42. The molecule has 0 atom stereocenters. The number of benzene rings is 1. The monoisotopic (exact) mass is 210 g/mol. The van der Waals surface area contributed by atoms with Gasteiger partial charge in [-0.15, -0.1) is 0 Å². The Morgan fingerprint density at radius 2 is 2.00 bits per heavy atom. The summed E-state index contributed by atoms with van der Waals surface area (Å²) in [6.45, 7) is 2.36. The molecule has 1 aromatic rings. The van der Waals surface area contributed by atoms with Gasteiger partial charge in [0.2, 0.25) is 0 Å². The van der Waals surface area contributed by atoms with E-state index < -0.39 is 0 Å². The average molecular weight is 210 g/mol. The van der Waals surface area contributed by atoms with Crippen molar-refractivity contribution in [3.63, 3.8) is 0 Å². The van der Waals surface area contributed by atoms with Crippen molar-refractivity contribution in [2.75, 3.05) is 20.1 Å². The van der Waals surface area contributed by atoms with E-state index in [4.69, 9.17) is 10.8 Å². The highest BCUT2D eigenvalue weighted by atomic mass is 16.3. The standard InChI is InChI=1S/C11H18N2O2/c1-13(6-2-5-12)8-9-3-4-10(14)11(15)7-9/h3-4,7,14-15H,2,5-6,8,12H2,1H3. The number of aromatic hydroxyl groups is 2. The van der Waals surface area contributed by atoms with Gasteiger partial charge < -0.3 is 20.8 Å². The third-order valence-electron chi connectivity index (χ3n) is 2.24. The van der Waals surface area contributed by atoms with Crippen molar-refractivity contribution < 1.29 is 10.2 Å². The first kappa shape index (κ1) is 11.8. The molecule has 0 aliphatic rings. The van der Waals surface area contributed by atoms with Crippen LogP contribution >= 0.6 is 0 Å². The van der Waals surface area contributed by atoms with Crippen molar-refractivity contribution in [2.24, 2.45) is 5.73 Å². The van der Waals surface area contributed by atoms with Gasteiger partial charge in [0.05, 0.1) is 0 Å². The van der Waals surface area contributed by atoms with Gasteiger partial charge in [-0.05, 0) is 44.3 Å². The summed E-state index contributed by atoms with van der Waals surface area (Å²) >= 11 is 0. The topological polar surface area (TPSA) is 69.7 Å². The predicted octanol–water partition coefficient (Wildman–Crippen LogP) is 0.878. The molecule has 0 fully saturated rings. The van der Waals surface area contributed by atoms with Crippen molar-refractivity contribution in [3.05, 3.63) is 23.8 Å². The van der Waals surface area contributed by atoms with Crippen molar-refractivity contribution in [3.8, 4) is 11.5 Å². The molecule has 1 rings (SSSR count). The number of hydrogen-bond acceptors (Lipinski definition) is 4. The number of phenols is 2. The zero-order valence-corrected chi connectivity index (χ0v) is 8.98. The quantitative estimate of drug-likeness (QED) is 0.631. The third-order valence-corrected chi connectivity index (χ3v) is 2.24. The van der Waals surface area contributed by atoms with Crippen LogP contribution in [0.4, 0.5) is 0 Å². The summed E-state index contributed by atoms with van der Waals surface area (Å²) in [4.78, 5) is 2.12. The van der Waals surface area contributed by atoms with Gasteiger partial charge >= 0.3 is 0 Å². The summed E-state index contributed by atoms with van der Waals surface area (Å²) in [7, 11) is 2.00. The molecule has 0 spiro atoms. The van der Waals surface area contributed by atoms with E-state index in [1.165, 1.54) is 6.07 Å². The van der Waals surface area contributed by atoms with E-state index in [0.29, 0.717) is 6.54 Å². The Balaban J connectivity index is 2.53. The lowest BCUT2D eigenvalue weighted by Gasteiger charge is -2.16. The van der Waals surface area contributed by atoms with Crippen LogP contribution in [0.2, 0.25) is 0 Å². The van der Waals surface area contributed by atoms with Gasteiger partial charge in [0.25, 0.3) is 0 Å². The first-order chi connectivity index (χ1) is 7.13. The first-order valence-electron chi connectivity index (χ1n) is 5.03. The average Bonchev–Trinajstić information content (AvgIpc) is 2.20. The number of nitrogens with zero attached hydrogens (tertiary/aromatic N) is 1. The highest BCUT2D eigenvalue weighted by Crippen LogP contribution is 2.25. The maximum absolute atomic E-state index is 9.30. The summed E-state index contributed by atoms with van der Waals surface area (Å²) in [6, 6.07) is 4.88. The Morgan fingerprint density at radius 3 is 2.60 bits per heavy atom. The summed E-state index contributed by atoms with van der Waals surface area (Å²) in [6.07, 6.45) is 0.959. The molecule has 0 unspecified atom stereocenters. The van der Waals surface area contributed by atoms with Crippen LogP contribution in [0.15, 0.2) is 18.2 Å². The highest BCUT2D eigenvalue weighted by molar-refractivity contribution is 5.40. The van der Waals surface area contributed by atoms with Gasteiger partial charge in [-0.25, -0.2) is 0 Å². The van der Waals surface area contributed by atoms with E-state index in [9.17, 15) is 5.11 Å². The molecule has 0 saturated heterocycles. The lowest BCUT2D eigenvalue weighted by Crippen LogP contribution is -2.21. The molecule has 4 nitrogen and oxygen atoms in total. The normalized spacial score (nSPS) is 10.9. The lowest BCUT2D eigenvalue weighted by molar-refractivity contribution is 0.323. The Hall–Kier alpha value is -1.26. The fourth-order valence-corrected chi connectivity index (χ4v) is 1.42. The van der Waals surface area contributed by atoms with Crippen LogP contribution in [0.1, 0.15) is 12.0 Å². The molecule has 1 aromatic carbocycles. The Labute approximate surface area is 89.9 Å². The van der Waals surface area contributed by atoms with E-state index >= 15 is 0 Å². The van der Waals surface area contributed by atoms with Gasteiger partial charge in [-0.1, -0.05) is 6.07 Å². The molecule has 0 aliphatic heterocycles. The summed E-state index contributed by atoms with van der Waals surface area (Å²) in [5, 5.41) is 18.4. The second-order valence-electron chi connectivity index (χ2n) is 3.70. The van der Waals surface area contributed by atoms with Gasteiger partial charge in [0.15, 0.2) is 11.5 Å². The number of nitrogens with two attached hydrogens (primary N) is 1. The second-order valence-corrected chi connectivity index (χ2v) is 3.70. The van der Waals surface area contributed by atoms with Crippen molar-refractivity contribution in [1.82, 2.24) is 4.90 Å². The molecule has 84 valence electrons. The third kappa shape index (κ3) is 3.77. The van der Waals surface area contributed by atoms with Crippen molar-refractivity contribution >= 4 is 0 Å². The first-order valence-corrected chi connectivity index (χ1v) is 5.03. The van der Waals surface area contributed by atoms with Crippen LogP contribution in [-0.2, 0) is 6.54 Å². The van der Waals surface area contributed by atoms with E-state index in [-0.39, 0.29) is 11.5 Å². The summed E-state index contributed by atoms with van der Waals surface area (Å²) in [5.74, 6) is -0.150. The minimum Gasteiger partial charge on any atom is -0.504 e. The smallest absolute Gasteiger partial charge is 0.157 e. The molecule has 0 radical (unpaired) electrons. The lowest BCUT2D eigenvalue weighted by atomic mass is 10.2. The number of hydrogen-bond donors (Lipinski definition) is 3. The highest BCUT2D eigenvalue weighted by Gasteiger charge is 2.03. The molecule has 0 heterocycles. The van der Waals surface area contributed by atoms with Crippen LogP contribution in [0, 0.1) is 0 Å². The maximum Gasteiger partial charge on any atom is 0.157 e. The van der Waals surface area contributed by atoms with Crippen LogP contribution in [0.3, 0.4) is 0 Å². The molecule has 0 bridgehead atoms. The van der Waals surface area contributed by atoms with Crippen LogP contribution in [0.5, 0.6) is 11.5 Å². The largest absolute Gasteiger partial charge is 0.504 e. The van der Waals surface area contributed by atoms with Crippen LogP contribution < -0.4 is 5.73 Å². The molecule has 15 heavy (non-hydrogen) atoms. The molecule has 0 amide bonds. The summed E-state index contributed by atoms with van der Waals surface area (Å²) < 4.78 is 0. The minimum atomic E-state index is -0.0802. The van der Waals surface area contributed by atoms with E-state index in [1.807, 2.05) is 7.05 Å². The van der Waals surface area contributed by atoms with Gasteiger partial charge in [0.1, 0.15) is 0 Å². The summed E-state index contributed by atoms with van der Waals surface area (Å²) in [5.41, 5.74) is 6.39. The predicted molar refractivity (Wildman–Crippen MR) is 59.8 cm³/mol. The van der Waals surface area contributed by atoms with E-state index in [2.05, 4.69) is 4.90 Å². The van der Waals surface area contributed by atoms with E-state index in [0.717, 1.165) is 25.1 Å². The molecule has 0 aromatic heterocycles.